The second-order valence-electron chi connectivity index (χ2n) is 4.83. The number of carbonyl (C=O) groups is 1. The average Bonchev–Trinajstić information content (AvgIpc) is 2.81. The zero-order valence-corrected chi connectivity index (χ0v) is 11.9. The number of nitrogens with zero attached hydrogens (tertiary/aromatic N) is 1. The normalized spacial score (nSPS) is 10.8. The van der Waals surface area contributed by atoms with Crippen LogP contribution in [0.2, 0.25) is 0 Å². The summed E-state index contributed by atoms with van der Waals surface area (Å²) >= 11 is 0. The molecule has 22 heavy (non-hydrogen) atoms. The fourth-order valence-electron chi connectivity index (χ4n) is 2.29. The number of pyridine rings is 1. The molecule has 0 unspecified atom stereocenters. The zero-order valence-electron chi connectivity index (χ0n) is 11.9. The molecule has 0 saturated carbocycles. The number of furan rings is 1. The number of aromatic nitrogens is 1. The molecule has 3 N–H and O–H groups in total. The van der Waals surface area contributed by atoms with Crippen LogP contribution < -0.4 is 10.5 Å². The van der Waals surface area contributed by atoms with E-state index in [9.17, 15) is 9.90 Å². The van der Waals surface area contributed by atoms with Crippen molar-refractivity contribution in [3.05, 3.63) is 53.4 Å². The number of rotatable bonds is 4. The van der Waals surface area contributed by atoms with Gasteiger partial charge in [-0.15, -0.1) is 0 Å². The molecule has 3 aromatic rings. The Kier molecular flexibility index (Phi) is 3.42. The summed E-state index contributed by atoms with van der Waals surface area (Å²) in [5, 5.41) is 9.78. The molecular formula is C16H14N2O4. The fraction of sp³-hybridized carbons (Fsp3) is 0.125. The second kappa shape index (κ2) is 5.40. The van der Waals surface area contributed by atoms with Crippen LogP contribution in [0.4, 0.5) is 5.82 Å². The van der Waals surface area contributed by atoms with Crippen molar-refractivity contribution in [3.63, 3.8) is 0 Å². The number of hydrogen-bond donors (Lipinski definition) is 2. The molecule has 3 rings (SSSR count). The molecule has 0 fully saturated rings. The highest BCUT2D eigenvalue weighted by molar-refractivity contribution is 6.03. The lowest BCUT2D eigenvalue weighted by molar-refractivity contribution is 0.0697. The molecule has 2 aromatic heterocycles. The Hall–Kier alpha value is -3.02. The molecule has 1 aromatic carbocycles. The summed E-state index contributed by atoms with van der Waals surface area (Å²) in [7, 11) is 0. The maximum atomic E-state index is 11.3. The van der Waals surface area contributed by atoms with Gasteiger partial charge in [0, 0.05) is 17.1 Å². The molecule has 0 saturated heterocycles. The molecular weight excluding hydrogens is 284 g/mol. The number of carboxylic acid groups (broad SMARTS) is 1. The van der Waals surface area contributed by atoms with Crippen LogP contribution in [-0.2, 0) is 6.61 Å². The van der Waals surface area contributed by atoms with Gasteiger partial charge in [0.2, 0.25) is 0 Å². The predicted molar refractivity (Wildman–Crippen MR) is 80.9 cm³/mol. The Morgan fingerprint density at radius 3 is 2.95 bits per heavy atom. The Labute approximate surface area is 126 Å². The van der Waals surface area contributed by atoms with Crippen molar-refractivity contribution < 1.29 is 19.1 Å². The molecule has 0 spiro atoms. The molecule has 0 bridgehead atoms. The van der Waals surface area contributed by atoms with Crippen LogP contribution in [0, 0.1) is 6.92 Å². The van der Waals surface area contributed by atoms with E-state index in [-0.39, 0.29) is 12.2 Å². The number of nitrogen functional groups attached to an aromatic ring is 1. The van der Waals surface area contributed by atoms with Gasteiger partial charge in [0.15, 0.2) is 0 Å². The fourth-order valence-corrected chi connectivity index (χ4v) is 2.29. The lowest BCUT2D eigenvalue weighted by Crippen LogP contribution is -2.02. The van der Waals surface area contributed by atoms with E-state index in [4.69, 9.17) is 14.9 Å². The van der Waals surface area contributed by atoms with Gasteiger partial charge in [-0.25, -0.2) is 9.78 Å². The van der Waals surface area contributed by atoms with E-state index >= 15 is 0 Å². The van der Waals surface area contributed by atoms with E-state index in [1.54, 1.807) is 37.4 Å². The minimum absolute atomic E-state index is 0.154. The number of anilines is 1. The number of aromatic carboxylic acids is 1. The third kappa shape index (κ3) is 2.46. The maximum Gasteiger partial charge on any atom is 0.339 e. The number of carboxylic acids is 1. The van der Waals surface area contributed by atoms with E-state index in [1.807, 2.05) is 6.07 Å². The molecule has 0 aliphatic heterocycles. The molecule has 6 heteroatoms. The summed E-state index contributed by atoms with van der Waals surface area (Å²) in [5.41, 5.74) is 7.20. The second-order valence-corrected chi connectivity index (χ2v) is 4.83. The first-order valence-corrected chi connectivity index (χ1v) is 6.65. The Balaban J connectivity index is 1.90. The summed E-state index contributed by atoms with van der Waals surface area (Å²) in [6, 6.07) is 8.67. The first kappa shape index (κ1) is 13.9. The molecule has 0 radical (unpaired) electrons. The molecule has 0 amide bonds. The molecule has 0 aliphatic carbocycles. The maximum absolute atomic E-state index is 11.3. The minimum Gasteiger partial charge on any atom is -0.489 e. The van der Waals surface area contributed by atoms with Crippen molar-refractivity contribution in [2.45, 2.75) is 13.5 Å². The minimum atomic E-state index is -1.02. The quantitative estimate of drug-likeness (QED) is 0.768. The number of benzene rings is 1. The average molecular weight is 298 g/mol. The van der Waals surface area contributed by atoms with Crippen LogP contribution in [0.3, 0.4) is 0 Å². The van der Waals surface area contributed by atoms with Gasteiger partial charge in [-0.2, -0.15) is 0 Å². The Bertz CT molecular complexity index is 854. The molecule has 2 heterocycles. The van der Waals surface area contributed by atoms with Crippen molar-refractivity contribution in [2.24, 2.45) is 0 Å². The molecule has 0 atom stereocenters. The summed E-state index contributed by atoms with van der Waals surface area (Å²) < 4.78 is 11.1. The van der Waals surface area contributed by atoms with Crippen LogP contribution in [-0.4, -0.2) is 16.1 Å². The highest BCUT2D eigenvalue weighted by atomic mass is 16.5. The topological polar surface area (TPSA) is 98.6 Å². The standard InChI is InChI=1S/C16H14N2O4/c1-9-14(16(19)20)12-7-11(4-5-13(12)22-9)21-8-10-3-2-6-18-15(10)17/h2-7H,8H2,1H3,(H2,17,18)(H,19,20). The van der Waals surface area contributed by atoms with Crippen LogP contribution in [0.1, 0.15) is 21.7 Å². The van der Waals surface area contributed by atoms with Crippen LogP contribution >= 0.6 is 0 Å². The first-order chi connectivity index (χ1) is 10.6. The lowest BCUT2D eigenvalue weighted by atomic mass is 10.1. The highest BCUT2D eigenvalue weighted by Gasteiger charge is 2.17. The summed E-state index contributed by atoms with van der Waals surface area (Å²) in [6.45, 7) is 1.88. The van der Waals surface area contributed by atoms with Crippen LogP contribution in [0.25, 0.3) is 11.0 Å². The van der Waals surface area contributed by atoms with Crippen molar-refractivity contribution in [1.29, 1.82) is 0 Å². The first-order valence-electron chi connectivity index (χ1n) is 6.65. The molecule has 6 nitrogen and oxygen atoms in total. The van der Waals surface area contributed by atoms with Crippen molar-refractivity contribution in [1.82, 2.24) is 4.98 Å². The summed E-state index contributed by atoms with van der Waals surface area (Å²) in [4.78, 5) is 15.3. The van der Waals surface area contributed by atoms with Crippen molar-refractivity contribution >= 4 is 22.8 Å². The van der Waals surface area contributed by atoms with E-state index in [0.717, 1.165) is 5.56 Å². The number of ether oxygens (including phenoxy) is 1. The van der Waals surface area contributed by atoms with Gasteiger partial charge >= 0.3 is 5.97 Å². The largest absolute Gasteiger partial charge is 0.489 e. The van der Waals surface area contributed by atoms with E-state index in [1.165, 1.54) is 0 Å². The van der Waals surface area contributed by atoms with E-state index < -0.39 is 5.97 Å². The van der Waals surface area contributed by atoms with Gasteiger partial charge in [0.25, 0.3) is 0 Å². The Morgan fingerprint density at radius 1 is 1.41 bits per heavy atom. The van der Waals surface area contributed by atoms with Gasteiger partial charge < -0.3 is 20.0 Å². The van der Waals surface area contributed by atoms with Crippen LogP contribution in [0.5, 0.6) is 5.75 Å². The SMILES string of the molecule is Cc1oc2ccc(OCc3cccnc3N)cc2c1C(=O)O. The number of nitrogens with two attached hydrogens (primary N) is 1. The summed E-state index contributed by atoms with van der Waals surface area (Å²) in [6.07, 6.45) is 1.61. The monoisotopic (exact) mass is 298 g/mol. The predicted octanol–water partition coefficient (Wildman–Crippen LogP) is 3.00. The highest BCUT2D eigenvalue weighted by Crippen LogP contribution is 2.29. The zero-order chi connectivity index (χ0) is 15.7. The van der Waals surface area contributed by atoms with Gasteiger partial charge in [-0.3, -0.25) is 0 Å². The molecule has 112 valence electrons. The number of fused-ring (bicyclic) bond motifs is 1. The van der Waals surface area contributed by atoms with Crippen LogP contribution in [0.15, 0.2) is 40.9 Å². The van der Waals surface area contributed by atoms with E-state index in [0.29, 0.717) is 28.3 Å². The smallest absolute Gasteiger partial charge is 0.339 e. The van der Waals surface area contributed by atoms with Gasteiger partial charge in [0.1, 0.15) is 35.1 Å². The number of aryl methyl sites for hydroxylation is 1. The number of hydrogen-bond acceptors (Lipinski definition) is 5. The third-order valence-electron chi connectivity index (χ3n) is 3.37. The van der Waals surface area contributed by atoms with Gasteiger partial charge in [-0.1, -0.05) is 6.07 Å². The van der Waals surface area contributed by atoms with Crippen molar-refractivity contribution in [2.75, 3.05) is 5.73 Å². The Morgan fingerprint density at radius 2 is 2.23 bits per heavy atom. The lowest BCUT2D eigenvalue weighted by Gasteiger charge is -2.07. The van der Waals surface area contributed by atoms with Crippen molar-refractivity contribution in [3.8, 4) is 5.75 Å². The van der Waals surface area contributed by atoms with E-state index in [2.05, 4.69) is 4.98 Å². The molecule has 0 aliphatic rings. The third-order valence-corrected chi connectivity index (χ3v) is 3.37. The van der Waals surface area contributed by atoms with Gasteiger partial charge in [0.05, 0.1) is 0 Å². The summed E-state index contributed by atoms with van der Waals surface area (Å²) in [5.74, 6) is 0.300. The van der Waals surface area contributed by atoms with Gasteiger partial charge in [-0.05, 0) is 31.2 Å².